The third-order valence-corrected chi connectivity index (χ3v) is 1.01. The molecule has 0 aliphatic carbocycles. The Morgan fingerprint density at radius 1 is 1.70 bits per heavy atom. The Balaban J connectivity index is 3.05. The van der Waals surface area contributed by atoms with Crippen molar-refractivity contribution in [2.24, 2.45) is 5.84 Å². The Kier molecular flexibility index (Phi) is 6.11. The van der Waals surface area contributed by atoms with E-state index in [-0.39, 0.29) is 12.5 Å². The van der Waals surface area contributed by atoms with Gasteiger partial charge in [0.1, 0.15) is 6.54 Å². The summed E-state index contributed by atoms with van der Waals surface area (Å²) in [6, 6.07) is 0. The molecule has 0 heterocycles. The second kappa shape index (κ2) is 6.51. The van der Waals surface area contributed by atoms with E-state index in [1.54, 1.807) is 0 Å². The van der Waals surface area contributed by atoms with Crippen LogP contribution in [0, 0.1) is 0 Å². The molecule has 0 aromatic rings. The zero-order valence-electron chi connectivity index (χ0n) is 6.22. The predicted molar refractivity (Wildman–Crippen MR) is 38.1 cm³/mol. The van der Waals surface area contributed by atoms with Crippen LogP contribution in [0.4, 0.5) is 0 Å². The Morgan fingerprint density at radius 3 is 2.90 bits per heavy atom. The smallest absolute Gasteiger partial charge is 0.321 e. The summed E-state index contributed by atoms with van der Waals surface area (Å²) in [5, 5.41) is 0. The molecule has 0 unspecified atom stereocenters. The fourth-order valence-electron chi connectivity index (χ4n) is 0.465. The van der Waals surface area contributed by atoms with E-state index in [4.69, 9.17) is 10.6 Å². The third-order valence-electron chi connectivity index (χ3n) is 1.01. The van der Waals surface area contributed by atoms with Crippen molar-refractivity contribution in [1.29, 1.82) is 0 Å². The minimum Gasteiger partial charge on any atom is -0.465 e. The van der Waals surface area contributed by atoms with Gasteiger partial charge in [0, 0.05) is 0 Å². The minimum absolute atomic E-state index is 0.0870. The van der Waals surface area contributed by atoms with E-state index in [2.05, 4.69) is 5.43 Å². The van der Waals surface area contributed by atoms with Crippen molar-refractivity contribution in [2.45, 2.75) is 19.8 Å². The van der Waals surface area contributed by atoms with Crippen molar-refractivity contribution >= 4 is 5.97 Å². The number of rotatable bonds is 5. The molecule has 0 fully saturated rings. The van der Waals surface area contributed by atoms with Gasteiger partial charge < -0.3 is 4.74 Å². The van der Waals surface area contributed by atoms with Crippen LogP contribution < -0.4 is 11.3 Å². The average Bonchev–Trinajstić information content (AvgIpc) is 1.89. The Labute approximate surface area is 60.7 Å². The standard InChI is InChI=1S/C6H14N2O2/c1-2-3-4-10-6(9)5-8-7/h8H,2-5,7H2,1H3. The van der Waals surface area contributed by atoms with Gasteiger partial charge in [-0.25, -0.2) is 5.43 Å². The van der Waals surface area contributed by atoms with Gasteiger partial charge in [-0.2, -0.15) is 0 Å². The molecule has 0 rings (SSSR count). The third kappa shape index (κ3) is 5.53. The zero-order valence-corrected chi connectivity index (χ0v) is 6.22. The molecule has 3 N–H and O–H groups in total. The molecule has 0 atom stereocenters. The molecule has 0 amide bonds. The number of hydrogen-bond acceptors (Lipinski definition) is 4. The highest BCUT2D eigenvalue weighted by molar-refractivity contribution is 5.71. The summed E-state index contributed by atoms with van der Waals surface area (Å²) in [4.78, 5) is 10.6. The highest BCUT2D eigenvalue weighted by Gasteiger charge is 1.97. The maximum absolute atomic E-state index is 10.6. The maximum atomic E-state index is 10.6. The fraction of sp³-hybridized carbons (Fsp3) is 0.833. The summed E-state index contributed by atoms with van der Waals surface area (Å²) in [7, 11) is 0. The second-order valence-corrected chi connectivity index (χ2v) is 1.95. The van der Waals surface area contributed by atoms with E-state index in [1.165, 1.54) is 0 Å². The van der Waals surface area contributed by atoms with Crippen molar-refractivity contribution in [2.75, 3.05) is 13.2 Å². The van der Waals surface area contributed by atoms with Crippen LogP contribution >= 0.6 is 0 Å². The number of carbonyl (C=O) groups is 1. The average molecular weight is 146 g/mol. The molecule has 0 aliphatic rings. The Morgan fingerprint density at radius 2 is 2.40 bits per heavy atom. The van der Waals surface area contributed by atoms with Crippen molar-refractivity contribution in [3.63, 3.8) is 0 Å². The summed E-state index contributed by atoms with van der Waals surface area (Å²) in [5.74, 6) is 4.59. The van der Waals surface area contributed by atoms with Gasteiger partial charge in [0.15, 0.2) is 0 Å². The number of nitrogens with two attached hydrogens (primary N) is 1. The number of hydrogen-bond donors (Lipinski definition) is 2. The van der Waals surface area contributed by atoms with Crippen molar-refractivity contribution in [3.05, 3.63) is 0 Å². The molecular formula is C6H14N2O2. The lowest BCUT2D eigenvalue weighted by Crippen LogP contribution is -2.30. The quantitative estimate of drug-likeness (QED) is 0.244. The molecule has 4 heteroatoms. The van der Waals surface area contributed by atoms with E-state index in [0.717, 1.165) is 12.8 Å². The lowest BCUT2D eigenvalue weighted by Gasteiger charge is -2.01. The first-order valence-electron chi connectivity index (χ1n) is 3.40. The first-order valence-corrected chi connectivity index (χ1v) is 3.40. The van der Waals surface area contributed by atoms with Gasteiger partial charge in [0.25, 0.3) is 0 Å². The topological polar surface area (TPSA) is 64.3 Å². The van der Waals surface area contributed by atoms with Crippen LogP contribution in [0.5, 0.6) is 0 Å². The maximum Gasteiger partial charge on any atom is 0.321 e. The van der Waals surface area contributed by atoms with Crippen LogP contribution in [0.1, 0.15) is 19.8 Å². The van der Waals surface area contributed by atoms with Gasteiger partial charge in [0.05, 0.1) is 6.61 Å². The van der Waals surface area contributed by atoms with Crippen LogP contribution in [-0.2, 0) is 9.53 Å². The molecule has 0 bridgehead atoms. The second-order valence-electron chi connectivity index (χ2n) is 1.95. The molecule has 0 saturated heterocycles. The number of unbranched alkanes of at least 4 members (excludes halogenated alkanes) is 1. The normalized spacial score (nSPS) is 9.40. The fourth-order valence-corrected chi connectivity index (χ4v) is 0.465. The van der Waals surface area contributed by atoms with E-state index >= 15 is 0 Å². The first kappa shape index (κ1) is 9.39. The lowest BCUT2D eigenvalue weighted by molar-refractivity contribution is -0.142. The molecule has 0 spiro atoms. The molecule has 0 radical (unpaired) electrons. The molecule has 0 aromatic carbocycles. The number of ether oxygens (including phenoxy) is 1. The van der Waals surface area contributed by atoms with E-state index in [0.29, 0.717) is 6.61 Å². The van der Waals surface area contributed by atoms with Crippen molar-refractivity contribution in [1.82, 2.24) is 5.43 Å². The monoisotopic (exact) mass is 146 g/mol. The Bertz CT molecular complexity index is 95.7. The molecule has 10 heavy (non-hydrogen) atoms. The zero-order chi connectivity index (χ0) is 7.82. The van der Waals surface area contributed by atoms with E-state index in [9.17, 15) is 4.79 Å². The molecule has 4 nitrogen and oxygen atoms in total. The van der Waals surface area contributed by atoms with Gasteiger partial charge in [-0.1, -0.05) is 13.3 Å². The predicted octanol–water partition coefficient (Wildman–Crippen LogP) is -0.207. The molecular weight excluding hydrogens is 132 g/mol. The number of carbonyl (C=O) groups excluding carboxylic acids is 1. The van der Waals surface area contributed by atoms with Crippen LogP contribution in [0.15, 0.2) is 0 Å². The molecule has 0 aliphatic heterocycles. The van der Waals surface area contributed by atoms with Crippen molar-refractivity contribution < 1.29 is 9.53 Å². The Hall–Kier alpha value is -0.610. The van der Waals surface area contributed by atoms with Gasteiger partial charge in [0.2, 0.25) is 0 Å². The molecule has 60 valence electrons. The number of esters is 1. The largest absolute Gasteiger partial charge is 0.465 e. The molecule has 0 saturated carbocycles. The van der Waals surface area contributed by atoms with Gasteiger partial charge >= 0.3 is 5.97 Å². The van der Waals surface area contributed by atoms with Crippen LogP contribution in [-0.4, -0.2) is 19.1 Å². The van der Waals surface area contributed by atoms with E-state index < -0.39 is 0 Å². The summed E-state index contributed by atoms with van der Waals surface area (Å²) in [6.07, 6.45) is 1.94. The highest BCUT2D eigenvalue weighted by Crippen LogP contribution is 1.87. The number of hydrazine groups is 1. The lowest BCUT2D eigenvalue weighted by atomic mass is 10.4. The summed E-state index contributed by atoms with van der Waals surface area (Å²) in [5.41, 5.74) is 2.22. The summed E-state index contributed by atoms with van der Waals surface area (Å²) >= 11 is 0. The van der Waals surface area contributed by atoms with Gasteiger partial charge in [-0.05, 0) is 6.42 Å². The van der Waals surface area contributed by atoms with Gasteiger partial charge in [-0.15, -0.1) is 0 Å². The summed E-state index contributed by atoms with van der Waals surface area (Å²) in [6.45, 7) is 2.62. The van der Waals surface area contributed by atoms with Crippen molar-refractivity contribution in [3.8, 4) is 0 Å². The van der Waals surface area contributed by atoms with Crippen LogP contribution in [0.2, 0.25) is 0 Å². The van der Waals surface area contributed by atoms with Crippen LogP contribution in [0.25, 0.3) is 0 Å². The van der Waals surface area contributed by atoms with Gasteiger partial charge in [-0.3, -0.25) is 10.6 Å². The van der Waals surface area contributed by atoms with Crippen LogP contribution in [0.3, 0.4) is 0 Å². The minimum atomic E-state index is -0.295. The molecule has 0 aromatic heterocycles. The number of nitrogens with one attached hydrogen (secondary N) is 1. The highest BCUT2D eigenvalue weighted by atomic mass is 16.5. The SMILES string of the molecule is CCCCOC(=O)CNN. The first-order chi connectivity index (χ1) is 4.81. The van der Waals surface area contributed by atoms with E-state index in [1.807, 2.05) is 6.92 Å². The summed E-state index contributed by atoms with van der Waals surface area (Å²) < 4.78 is 4.74.